The van der Waals surface area contributed by atoms with E-state index >= 15 is 0 Å². The first-order valence-corrected chi connectivity index (χ1v) is 19.6. The number of aromatic nitrogens is 4. The van der Waals surface area contributed by atoms with Crippen LogP contribution in [-0.4, -0.2) is 19.1 Å². The second kappa shape index (κ2) is 13.2. The Balaban J connectivity index is 1.00. The molecule has 0 spiro atoms. The number of rotatable bonds is 6. The second-order valence-electron chi connectivity index (χ2n) is 15.3. The fraction of sp³-hybridized carbons (Fsp3) is 0.0566. The molecule has 11 rings (SSSR count). The van der Waals surface area contributed by atoms with Crippen molar-refractivity contribution in [3.63, 3.8) is 0 Å². The Morgan fingerprint density at radius 2 is 0.930 bits per heavy atom. The highest BCUT2D eigenvalue weighted by atomic mass is 15.0. The van der Waals surface area contributed by atoms with E-state index in [1.165, 1.54) is 60.4 Å². The summed E-state index contributed by atoms with van der Waals surface area (Å²) >= 11 is 0. The van der Waals surface area contributed by atoms with Crippen molar-refractivity contribution in [3.05, 3.63) is 206 Å². The molecule has 0 N–H and O–H groups in total. The van der Waals surface area contributed by atoms with Gasteiger partial charge in [0.2, 0.25) is 0 Å². The maximum Gasteiger partial charge on any atom is 0.160 e. The summed E-state index contributed by atoms with van der Waals surface area (Å²) in [6.45, 7) is 2.29. The van der Waals surface area contributed by atoms with Gasteiger partial charge in [0, 0.05) is 49.5 Å². The van der Waals surface area contributed by atoms with E-state index in [1.54, 1.807) is 0 Å². The van der Waals surface area contributed by atoms with Crippen LogP contribution in [0, 0.1) is 0 Å². The summed E-state index contributed by atoms with van der Waals surface area (Å²) in [7, 11) is 0. The number of hydrogen-bond donors (Lipinski definition) is 0. The van der Waals surface area contributed by atoms with Gasteiger partial charge in [-0.2, -0.15) is 0 Å². The minimum absolute atomic E-state index is 0.346. The molecule has 10 aromatic rings. The van der Waals surface area contributed by atoms with E-state index in [9.17, 15) is 0 Å². The highest BCUT2D eigenvalue weighted by Gasteiger charge is 2.29. The topological polar surface area (TPSA) is 35.6 Å². The zero-order valence-corrected chi connectivity index (χ0v) is 31.5. The molecule has 0 radical (unpaired) electrons. The highest BCUT2D eigenvalue weighted by Crippen LogP contribution is 2.40. The number of para-hydroxylation sites is 4. The minimum atomic E-state index is -0.346. The number of benzene rings is 7. The molecule has 0 saturated heterocycles. The van der Waals surface area contributed by atoms with E-state index in [1.807, 2.05) is 0 Å². The number of hydrogen-bond acceptors (Lipinski definition) is 2. The molecular weight excluding hydrogens is 693 g/mol. The summed E-state index contributed by atoms with van der Waals surface area (Å²) in [6.07, 6.45) is 7.79. The third-order valence-corrected chi connectivity index (χ3v) is 11.8. The lowest BCUT2D eigenvalue weighted by Crippen LogP contribution is -2.23. The quantitative estimate of drug-likeness (QED) is 0.171. The van der Waals surface area contributed by atoms with Crippen LogP contribution in [0.2, 0.25) is 0 Å². The van der Waals surface area contributed by atoms with Crippen LogP contribution in [0.4, 0.5) is 0 Å². The fourth-order valence-corrected chi connectivity index (χ4v) is 8.72. The van der Waals surface area contributed by atoms with Gasteiger partial charge in [-0.3, -0.25) is 0 Å². The van der Waals surface area contributed by atoms with Gasteiger partial charge in [-0.25, -0.2) is 9.97 Å². The fourth-order valence-electron chi connectivity index (χ4n) is 8.72. The van der Waals surface area contributed by atoms with Gasteiger partial charge in [0.15, 0.2) is 5.82 Å². The largest absolute Gasteiger partial charge is 0.310 e. The smallest absolute Gasteiger partial charge is 0.160 e. The third-order valence-electron chi connectivity index (χ3n) is 11.8. The van der Waals surface area contributed by atoms with Crippen LogP contribution in [0.3, 0.4) is 0 Å². The van der Waals surface area contributed by atoms with Gasteiger partial charge in [-0.05, 0) is 66.1 Å². The molecule has 0 bridgehead atoms. The second-order valence-corrected chi connectivity index (χ2v) is 15.3. The zero-order valence-electron chi connectivity index (χ0n) is 31.5. The molecule has 57 heavy (non-hydrogen) atoms. The van der Waals surface area contributed by atoms with Crippen molar-refractivity contribution in [2.75, 3.05) is 0 Å². The summed E-state index contributed by atoms with van der Waals surface area (Å²) in [5.74, 6) is 0.723. The van der Waals surface area contributed by atoms with E-state index in [4.69, 9.17) is 9.97 Å². The molecule has 3 heterocycles. The van der Waals surface area contributed by atoms with Gasteiger partial charge in [-0.1, -0.05) is 159 Å². The van der Waals surface area contributed by atoms with Crippen molar-refractivity contribution < 1.29 is 0 Å². The molecule has 0 amide bonds. The highest BCUT2D eigenvalue weighted by molar-refractivity contribution is 6.11. The van der Waals surface area contributed by atoms with E-state index in [0.717, 1.165) is 40.4 Å². The molecule has 7 aromatic carbocycles. The van der Waals surface area contributed by atoms with E-state index in [-0.39, 0.29) is 5.41 Å². The zero-order chi connectivity index (χ0) is 37.9. The van der Waals surface area contributed by atoms with E-state index < -0.39 is 0 Å². The number of nitrogens with zero attached hydrogens (tertiary/aromatic N) is 4. The molecule has 1 aliphatic rings. The SMILES string of the molecule is CC1(c2cc(-c3ccc(-n4c5ccccc5c5ccccc54)cc3)nc(-c3ccc(-c4ccccc4)cc3)n2)C=CC(n2c3ccccc3c3ccccc32)=CC1. The maximum atomic E-state index is 5.34. The molecular formula is C53H38N4. The van der Waals surface area contributed by atoms with Crippen molar-refractivity contribution in [2.24, 2.45) is 0 Å². The van der Waals surface area contributed by atoms with Crippen LogP contribution in [-0.2, 0) is 5.41 Å². The van der Waals surface area contributed by atoms with Crippen molar-refractivity contribution >= 4 is 49.3 Å². The first-order valence-electron chi connectivity index (χ1n) is 19.6. The lowest BCUT2D eigenvalue weighted by molar-refractivity contribution is 0.578. The molecule has 0 saturated carbocycles. The molecule has 3 aromatic heterocycles. The summed E-state index contributed by atoms with van der Waals surface area (Å²) in [5, 5.41) is 5.04. The molecule has 1 aliphatic carbocycles. The standard InChI is InChI=1S/C53H38N4/c1-53(33-31-41(32-34-53)57-49-21-11-7-17-44(49)45-18-8-12-22-50(45)57)51-35-46(54-52(55-51)39-25-23-37(24-26-39)36-13-3-2-4-14-36)38-27-29-40(30-28-38)56-47-19-9-5-15-42(47)43-16-6-10-20-48(43)56/h2-33,35H,34H2,1H3. The molecule has 4 heteroatoms. The lowest BCUT2D eigenvalue weighted by atomic mass is 9.79. The van der Waals surface area contributed by atoms with Crippen molar-refractivity contribution in [1.29, 1.82) is 0 Å². The van der Waals surface area contributed by atoms with Gasteiger partial charge in [-0.15, -0.1) is 0 Å². The Hall–Kier alpha value is -7.30. The summed E-state index contributed by atoms with van der Waals surface area (Å²) in [6, 6.07) is 64.8. The Morgan fingerprint density at radius 1 is 0.456 bits per heavy atom. The number of allylic oxidation sites excluding steroid dienone is 4. The van der Waals surface area contributed by atoms with E-state index in [2.05, 4.69) is 216 Å². The van der Waals surface area contributed by atoms with Crippen LogP contribution in [0.25, 0.3) is 88.8 Å². The van der Waals surface area contributed by atoms with Gasteiger partial charge in [0.05, 0.1) is 33.5 Å². The van der Waals surface area contributed by atoms with Gasteiger partial charge < -0.3 is 9.13 Å². The summed E-state index contributed by atoms with van der Waals surface area (Å²) in [4.78, 5) is 10.6. The average Bonchev–Trinajstić information content (AvgIpc) is 3.80. The lowest BCUT2D eigenvalue weighted by Gasteiger charge is -2.29. The first-order chi connectivity index (χ1) is 28.1. The Kier molecular flexibility index (Phi) is 7.65. The van der Waals surface area contributed by atoms with Crippen LogP contribution < -0.4 is 0 Å². The predicted octanol–water partition coefficient (Wildman–Crippen LogP) is 13.4. The molecule has 1 atom stereocenters. The van der Waals surface area contributed by atoms with Crippen LogP contribution in [0.15, 0.2) is 200 Å². The minimum Gasteiger partial charge on any atom is -0.310 e. The van der Waals surface area contributed by atoms with Crippen molar-refractivity contribution in [2.45, 2.75) is 18.8 Å². The first kappa shape index (κ1) is 33.1. The molecule has 4 nitrogen and oxygen atoms in total. The average molecular weight is 731 g/mol. The van der Waals surface area contributed by atoms with Gasteiger partial charge in [0.25, 0.3) is 0 Å². The molecule has 0 aliphatic heterocycles. The molecule has 1 unspecified atom stereocenters. The Bertz CT molecular complexity index is 3090. The third kappa shape index (κ3) is 5.52. The van der Waals surface area contributed by atoms with Crippen LogP contribution in [0.5, 0.6) is 0 Å². The van der Waals surface area contributed by atoms with Gasteiger partial charge in [0.1, 0.15) is 0 Å². The maximum absolute atomic E-state index is 5.34. The predicted molar refractivity (Wildman–Crippen MR) is 238 cm³/mol. The molecule has 0 fully saturated rings. The van der Waals surface area contributed by atoms with Crippen LogP contribution >= 0.6 is 0 Å². The molecule has 270 valence electrons. The van der Waals surface area contributed by atoms with Gasteiger partial charge >= 0.3 is 0 Å². The Morgan fingerprint density at radius 3 is 1.47 bits per heavy atom. The summed E-state index contributed by atoms with van der Waals surface area (Å²) in [5.41, 5.74) is 13.1. The Labute approximate surface area is 331 Å². The normalized spacial score (nSPS) is 15.5. The van der Waals surface area contributed by atoms with Crippen molar-refractivity contribution in [1.82, 2.24) is 19.1 Å². The number of fused-ring (bicyclic) bond motifs is 6. The van der Waals surface area contributed by atoms with Crippen molar-refractivity contribution in [3.8, 4) is 39.5 Å². The van der Waals surface area contributed by atoms with E-state index in [0.29, 0.717) is 0 Å². The summed E-state index contributed by atoms with van der Waals surface area (Å²) < 4.78 is 4.75. The van der Waals surface area contributed by atoms with Crippen LogP contribution in [0.1, 0.15) is 19.0 Å². The monoisotopic (exact) mass is 730 g/mol.